The highest BCUT2D eigenvalue weighted by Gasteiger charge is 2.18. The first-order valence-electron chi connectivity index (χ1n) is 15.7. The van der Waals surface area contributed by atoms with Gasteiger partial charge in [0.15, 0.2) is 5.82 Å². The zero-order chi connectivity index (χ0) is 31.0. The fourth-order valence-corrected chi connectivity index (χ4v) is 6.11. The molecule has 0 N–H and O–H groups in total. The van der Waals surface area contributed by atoms with Gasteiger partial charge in [0, 0.05) is 28.1 Å². The largest absolute Gasteiger partial charge is 0.253 e. The number of allylic oxidation sites excluding steroid dienone is 2. The standard InChI is InChI=1S/C41H31N5/c1-26(2)33-24-37(38-25-36(28-12-6-4-7-13-28)45-41(46-38)35-15-9-10-22-42-35)44-40-32(33)20-18-29-19-21-34(43-39(29)40)31-17-16-27-11-5-3-8-14-30(27)23-31/h4-26H,3H2,1-2H3. The SMILES string of the molecule is CC(C)c1cc(-c2cc(-c3ccccc3)nc(-c3ccccn3)n2)nc2c1ccc1ccc(-c3ccc4c(c3)C=CCC=C4)nc12. The third-order valence-corrected chi connectivity index (χ3v) is 8.49. The molecule has 0 aliphatic heterocycles. The number of rotatable bonds is 5. The molecule has 0 spiro atoms. The maximum absolute atomic E-state index is 5.31. The number of pyridine rings is 3. The Bertz CT molecular complexity index is 2250. The lowest BCUT2D eigenvalue weighted by Gasteiger charge is -2.15. The summed E-state index contributed by atoms with van der Waals surface area (Å²) in [7, 11) is 0. The van der Waals surface area contributed by atoms with Gasteiger partial charge in [-0.05, 0) is 65.4 Å². The Balaban J connectivity index is 1.35. The molecule has 5 nitrogen and oxygen atoms in total. The van der Waals surface area contributed by atoms with Crippen LogP contribution in [0.2, 0.25) is 0 Å². The molecule has 5 heteroatoms. The molecule has 0 unspecified atom stereocenters. The lowest BCUT2D eigenvalue weighted by molar-refractivity contribution is 0.875. The van der Waals surface area contributed by atoms with E-state index in [4.69, 9.17) is 19.9 Å². The average molecular weight is 594 g/mol. The van der Waals surface area contributed by atoms with Crippen molar-refractivity contribution >= 4 is 34.0 Å². The molecule has 7 aromatic rings. The van der Waals surface area contributed by atoms with Crippen LogP contribution in [0.15, 0.2) is 121 Å². The Hall–Kier alpha value is -5.81. The molecular formula is C41H31N5. The molecule has 0 atom stereocenters. The molecule has 0 amide bonds. The first kappa shape index (κ1) is 27.7. The minimum atomic E-state index is 0.264. The molecule has 0 radical (unpaired) electrons. The number of hydrogen-bond acceptors (Lipinski definition) is 5. The highest BCUT2D eigenvalue weighted by Crippen LogP contribution is 2.35. The van der Waals surface area contributed by atoms with E-state index in [1.165, 1.54) is 16.7 Å². The molecule has 4 aromatic heterocycles. The highest BCUT2D eigenvalue weighted by molar-refractivity contribution is 6.05. The van der Waals surface area contributed by atoms with Gasteiger partial charge in [0.05, 0.1) is 33.8 Å². The number of hydrogen-bond donors (Lipinski definition) is 0. The first-order chi connectivity index (χ1) is 22.6. The number of aromatic nitrogens is 5. The van der Waals surface area contributed by atoms with Crippen molar-refractivity contribution in [2.75, 3.05) is 0 Å². The van der Waals surface area contributed by atoms with Gasteiger partial charge in [-0.25, -0.2) is 19.9 Å². The summed E-state index contributed by atoms with van der Waals surface area (Å²) in [5, 5.41) is 2.16. The summed E-state index contributed by atoms with van der Waals surface area (Å²) in [4.78, 5) is 25.1. The molecule has 3 aromatic carbocycles. The van der Waals surface area contributed by atoms with Crippen LogP contribution >= 0.6 is 0 Å². The third-order valence-electron chi connectivity index (χ3n) is 8.49. The van der Waals surface area contributed by atoms with E-state index in [2.05, 4.69) is 104 Å². The molecule has 0 saturated carbocycles. The quantitative estimate of drug-likeness (QED) is 0.186. The van der Waals surface area contributed by atoms with Crippen molar-refractivity contribution in [2.45, 2.75) is 26.2 Å². The van der Waals surface area contributed by atoms with Crippen LogP contribution in [0.4, 0.5) is 0 Å². The van der Waals surface area contributed by atoms with Crippen molar-refractivity contribution in [2.24, 2.45) is 0 Å². The van der Waals surface area contributed by atoms with Gasteiger partial charge in [0.1, 0.15) is 5.69 Å². The Labute approximate surface area is 268 Å². The predicted molar refractivity (Wildman–Crippen MR) is 189 cm³/mol. The fourth-order valence-electron chi connectivity index (χ4n) is 6.11. The third kappa shape index (κ3) is 5.16. The van der Waals surface area contributed by atoms with Crippen LogP contribution < -0.4 is 0 Å². The molecular weight excluding hydrogens is 562 g/mol. The van der Waals surface area contributed by atoms with Crippen LogP contribution in [0, 0.1) is 0 Å². The second-order valence-corrected chi connectivity index (χ2v) is 11.9. The maximum Gasteiger partial charge on any atom is 0.179 e. The van der Waals surface area contributed by atoms with E-state index in [1.54, 1.807) is 6.20 Å². The second-order valence-electron chi connectivity index (χ2n) is 11.9. The fraction of sp³-hybridized carbons (Fsp3) is 0.0976. The van der Waals surface area contributed by atoms with E-state index < -0.39 is 0 Å². The van der Waals surface area contributed by atoms with Gasteiger partial charge in [-0.3, -0.25) is 4.98 Å². The van der Waals surface area contributed by atoms with Gasteiger partial charge in [-0.15, -0.1) is 0 Å². The highest BCUT2D eigenvalue weighted by atomic mass is 14.9. The summed E-state index contributed by atoms with van der Waals surface area (Å²) in [5.74, 6) is 0.829. The van der Waals surface area contributed by atoms with Crippen molar-refractivity contribution in [3.05, 3.63) is 138 Å². The van der Waals surface area contributed by atoms with E-state index in [-0.39, 0.29) is 5.92 Å². The maximum atomic E-state index is 5.31. The summed E-state index contributed by atoms with van der Waals surface area (Å²) in [6.45, 7) is 4.44. The Kier molecular flexibility index (Phi) is 6.99. The monoisotopic (exact) mass is 593 g/mol. The molecule has 220 valence electrons. The lowest BCUT2D eigenvalue weighted by Crippen LogP contribution is -2.01. The van der Waals surface area contributed by atoms with Crippen LogP contribution in [-0.4, -0.2) is 24.9 Å². The van der Waals surface area contributed by atoms with Crippen LogP contribution in [0.25, 0.3) is 79.4 Å². The zero-order valence-corrected chi connectivity index (χ0v) is 25.7. The first-order valence-corrected chi connectivity index (χ1v) is 15.7. The van der Waals surface area contributed by atoms with E-state index in [1.807, 2.05) is 42.5 Å². The molecule has 0 fully saturated rings. The van der Waals surface area contributed by atoms with Gasteiger partial charge in [0.25, 0.3) is 0 Å². The van der Waals surface area contributed by atoms with Gasteiger partial charge >= 0.3 is 0 Å². The Morgan fingerprint density at radius 3 is 2.13 bits per heavy atom. The van der Waals surface area contributed by atoms with Crippen molar-refractivity contribution in [1.29, 1.82) is 0 Å². The van der Waals surface area contributed by atoms with Gasteiger partial charge in [0.2, 0.25) is 0 Å². The van der Waals surface area contributed by atoms with Gasteiger partial charge in [-0.1, -0.05) is 105 Å². The van der Waals surface area contributed by atoms with Gasteiger partial charge in [-0.2, -0.15) is 0 Å². The molecule has 1 aliphatic carbocycles. The topological polar surface area (TPSA) is 64.5 Å². The Morgan fingerprint density at radius 2 is 1.30 bits per heavy atom. The number of benzene rings is 3. The normalized spacial score (nSPS) is 12.5. The number of fused-ring (bicyclic) bond motifs is 4. The van der Waals surface area contributed by atoms with Crippen LogP contribution in [-0.2, 0) is 0 Å². The summed E-state index contributed by atoms with van der Waals surface area (Å²) in [5.41, 5.74) is 11.5. The molecule has 0 bridgehead atoms. The average Bonchev–Trinajstić information content (AvgIpc) is 3.36. The second kappa shape index (κ2) is 11.6. The summed E-state index contributed by atoms with van der Waals surface area (Å²) >= 11 is 0. The van der Waals surface area contributed by atoms with E-state index in [0.717, 1.165) is 62.1 Å². The molecule has 1 aliphatic rings. The summed E-state index contributed by atoms with van der Waals surface area (Å²) in [6.07, 6.45) is 11.5. The lowest BCUT2D eigenvalue weighted by atomic mass is 9.95. The van der Waals surface area contributed by atoms with Crippen molar-refractivity contribution in [1.82, 2.24) is 24.9 Å². The minimum Gasteiger partial charge on any atom is -0.253 e. The van der Waals surface area contributed by atoms with Crippen LogP contribution in [0.3, 0.4) is 0 Å². The van der Waals surface area contributed by atoms with E-state index in [0.29, 0.717) is 11.5 Å². The number of nitrogens with zero attached hydrogens (tertiary/aromatic N) is 5. The smallest absolute Gasteiger partial charge is 0.179 e. The van der Waals surface area contributed by atoms with E-state index in [9.17, 15) is 0 Å². The molecule has 0 saturated heterocycles. The van der Waals surface area contributed by atoms with Gasteiger partial charge < -0.3 is 0 Å². The van der Waals surface area contributed by atoms with Crippen molar-refractivity contribution < 1.29 is 0 Å². The molecule has 4 heterocycles. The Morgan fingerprint density at radius 1 is 0.543 bits per heavy atom. The predicted octanol–water partition coefficient (Wildman–Crippen LogP) is 10.2. The summed E-state index contributed by atoms with van der Waals surface area (Å²) < 4.78 is 0. The van der Waals surface area contributed by atoms with Crippen LogP contribution in [0.5, 0.6) is 0 Å². The summed E-state index contributed by atoms with van der Waals surface area (Å²) in [6, 6.07) is 35.3. The molecule has 46 heavy (non-hydrogen) atoms. The minimum absolute atomic E-state index is 0.264. The van der Waals surface area contributed by atoms with E-state index >= 15 is 0 Å². The molecule has 8 rings (SSSR count). The van der Waals surface area contributed by atoms with Crippen molar-refractivity contribution in [3.8, 4) is 45.4 Å². The zero-order valence-electron chi connectivity index (χ0n) is 25.7. The van der Waals surface area contributed by atoms with Crippen LogP contribution in [0.1, 0.15) is 42.9 Å². The van der Waals surface area contributed by atoms with Crippen molar-refractivity contribution in [3.63, 3.8) is 0 Å².